The Morgan fingerprint density at radius 3 is 2.27 bits per heavy atom. The van der Waals surface area contributed by atoms with Gasteiger partial charge in [0.25, 0.3) is 0 Å². The molecule has 0 aromatic heterocycles. The van der Waals surface area contributed by atoms with Crippen molar-refractivity contribution >= 4 is 0 Å². The van der Waals surface area contributed by atoms with E-state index >= 15 is 0 Å². The largest absolute Gasteiger partial charge is 0.334 e. The minimum Gasteiger partial charge on any atom is -0.334 e. The molecule has 2 fully saturated rings. The monoisotopic (exact) mass is 154 g/mol. The molecule has 0 aromatic rings. The first kappa shape index (κ1) is 7.60. The fourth-order valence-corrected chi connectivity index (χ4v) is 2.41. The third-order valence-corrected chi connectivity index (χ3v) is 3.64. The molecule has 1 nitrogen and oxygen atoms in total. The third-order valence-electron chi connectivity index (χ3n) is 3.64. The van der Waals surface area contributed by atoms with Crippen LogP contribution in [-0.2, 0) is 0 Å². The lowest BCUT2D eigenvalue weighted by Crippen LogP contribution is -3.10. The van der Waals surface area contributed by atoms with Crippen molar-refractivity contribution in [1.29, 1.82) is 0 Å². The molecule has 1 saturated heterocycles. The zero-order valence-corrected chi connectivity index (χ0v) is 7.66. The Balaban J connectivity index is 1.80. The maximum atomic E-state index is 2.36. The summed E-state index contributed by atoms with van der Waals surface area (Å²) in [6.45, 7) is 6.77. The highest BCUT2D eigenvalue weighted by Gasteiger charge is 2.44. The van der Waals surface area contributed by atoms with Gasteiger partial charge in [0.2, 0.25) is 0 Å². The van der Waals surface area contributed by atoms with Crippen LogP contribution in [0.4, 0.5) is 0 Å². The molecule has 64 valence electrons. The second-order valence-electron chi connectivity index (χ2n) is 4.49. The van der Waals surface area contributed by atoms with Gasteiger partial charge in [0.15, 0.2) is 0 Å². The van der Waals surface area contributed by atoms with Gasteiger partial charge in [0.05, 0.1) is 19.6 Å². The predicted octanol–water partition coefficient (Wildman–Crippen LogP) is 0.855. The van der Waals surface area contributed by atoms with Crippen molar-refractivity contribution in [3.63, 3.8) is 0 Å². The molecule has 0 unspecified atom stereocenters. The number of likely N-dealkylation sites (tertiary alicyclic amines) is 1. The third kappa shape index (κ3) is 1.58. The smallest absolute Gasteiger partial charge is 0.0827 e. The molecule has 0 aromatic carbocycles. The van der Waals surface area contributed by atoms with E-state index in [9.17, 15) is 0 Å². The van der Waals surface area contributed by atoms with Gasteiger partial charge >= 0.3 is 0 Å². The summed E-state index contributed by atoms with van der Waals surface area (Å²) < 4.78 is 0. The molecule has 1 N–H and O–H groups in total. The molecular formula is C10H20N+. The predicted molar refractivity (Wildman–Crippen MR) is 46.8 cm³/mol. The summed E-state index contributed by atoms with van der Waals surface area (Å²) in [5.41, 5.74) is 0.819. The number of rotatable bonds is 3. The Morgan fingerprint density at radius 2 is 1.82 bits per heavy atom. The molecule has 0 atom stereocenters. The SMILES string of the molecule is CCC1(C[NH+]2CCCC2)CC1. The molecule has 2 aliphatic rings. The van der Waals surface area contributed by atoms with Crippen molar-refractivity contribution in [3.8, 4) is 0 Å². The lowest BCUT2D eigenvalue weighted by molar-refractivity contribution is -0.892. The molecule has 1 saturated carbocycles. The van der Waals surface area contributed by atoms with Crippen molar-refractivity contribution in [2.45, 2.75) is 39.0 Å². The molecule has 0 radical (unpaired) electrons. The van der Waals surface area contributed by atoms with Crippen molar-refractivity contribution in [2.75, 3.05) is 19.6 Å². The van der Waals surface area contributed by atoms with Gasteiger partial charge in [-0.1, -0.05) is 6.92 Å². The maximum absolute atomic E-state index is 2.36. The van der Waals surface area contributed by atoms with Gasteiger partial charge in [-0.2, -0.15) is 0 Å². The number of quaternary nitrogens is 1. The molecule has 0 bridgehead atoms. The van der Waals surface area contributed by atoms with Gasteiger partial charge in [-0.3, -0.25) is 0 Å². The summed E-state index contributed by atoms with van der Waals surface area (Å²) in [6.07, 6.45) is 7.43. The lowest BCUT2D eigenvalue weighted by Gasteiger charge is -2.18. The van der Waals surface area contributed by atoms with Crippen LogP contribution in [0, 0.1) is 5.41 Å². The Kier molecular flexibility index (Phi) is 1.92. The van der Waals surface area contributed by atoms with Crippen LogP contribution in [0.15, 0.2) is 0 Å². The molecule has 1 aliphatic carbocycles. The minimum atomic E-state index is 0.819. The lowest BCUT2D eigenvalue weighted by atomic mass is 10.0. The highest BCUT2D eigenvalue weighted by molar-refractivity contribution is 4.91. The number of hydrogen-bond acceptors (Lipinski definition) is 0. The van der Waals surface area contributed by atoms with E-state index in [1.165, 1.54) is 51.7 Å². The fourth-order valence-electron chi connectivity index (χ4n) is 2.41. The summed E-state index contributed by atoms with van der Waals surface area (Å²) in [4.78, 5) is 1.89. The normalized spacial score (nSPS) is 29.2. The first-order valence-electron chi connectivity index (χ1n) is 5.18. The van der Waals surface area contributed by atoms with Gasteiger partial charge in [0.1, 0.15) is 0 Å². The first-order chi connectivity index (χ1) is 5.35. The van der Waals surface area contributed by atoms with E-state index in [1.54, 1.807) is 0 Å². The van der Waals surface area contributed by atoms with Gasteiger partial charge in [0, 0.05) is 18.3 Å². The summed E-state index contributed by atoms with van der Waals surface area (Å²) in [5.74, 6) is 0. The first-order valence-corrected chi connectivity index (χ1v) is 5.18. The molecular weight excluding hydrogens is 134 g/mol. The Bertz CT molecular complexity index is 132. The number of hydrogen-bond donors (Lipinski definition) is 1. The van der Waals surface area contributed by atoms with E-state index in [2.05, 4.69) is 6.92 Å². The quantitative estimate of drug-likeness (QED) is 0.615. The minimum absolute atomic E-state index is 0.819. The summed E-state index contributed by atoms with van der Waals surface area (Å²) in [7, 11) is 0. The van der Waals surface area contributed by atoms with E-state index in [-0.39, 0.29) is 0 Å². The second-order valence-corrected chi connectivity index (χ2v) is 4.49. The maximum Gasteiger partial charge on any atom is 0.0827 e. The van der Waals surface area contributed by atoms with Crippen LogP contribution in [0.1, 0.15) is 39.0 Å². The van der Waals surface area contributed by atoms with Crippen LogP contribution < -0.4 is 4.90 Å². The summed E-state index contributed by atoms with van der Waals surface area (Å²) >= 11 is 0. The van der Waals surface area contributed by atoms with Crippen LogP contribution in [0.2, 0.25) is 0 Å². The topological polar surface area (TPSA) is 4.44 Å². The average molecular weight is 154 g/mol. The standard InChI is InChI=1S/C10H19N/c1-2-10(5-6-10)9-11-7-3-4-8-11/h2-9H2,1H3/p+1. The second kappa shape index (κ2) is 2.78. The molecule has 0 spiro atoms. The van der Waals surface area contributed by atoms with Crippen molar-refractivity contribution < 1.29 is 4.90 Å². The zero-order valence-electron chi connectivity index (χ0n) is 7.66. The van der Waals surface area contributed by atoms with Crippen LogP contribution >= 0.6 is 0 Å². The Labute approximate surface area is 69.8 Å². The van der Waals surface area contributed by atoms with Crippen LogP contribution in [0.5, 0.6) is 0 Å². The van der Waals surface area contributed by atoms with Crippen molar-refractivity contribution in [2.24, 2.45) is 5.41 Å². The average Bonchev–Trinajstić information content (AvgIpc) is 2.59. The molecule has 0 amide bonds. The highest BCUT2D eigenvalue weighted by atomic mass is 15.1. The van der Waals surface area contributed by atoms with Gasteiger partial charge in [-0.15, -0.1) is 0 Å². The fraction of sp³-hybridized carbons (Fsp3) is 1.00. The molecule has 1 aliphatic heterocycles. The number of nitrogens with one attached hydrogen (secondary N) is 1. The van der Waals surface area contributed by atoms with E-state index in [0.717, 1.165) is 5.41 Å². The molecule has 2 rings (SSSR count). The van der Waals surface area contributed by atoms with Gasteiger partial charge in [-0.25, -0.2) is 0 Å². The molecule has 1 heterocycles. The molecule has 11 heavy (non-hydrogen) atoms. The van der Waals surface area contributed by atoms with E-state index in [4.69, 9.17) is 0 Å². The van der Waals surface area contributed by atoms with Crippen LogP contribution in [-0.4, -0.2) is 19.6 Å². The van der Waals surface area contributed by atoms with Gasteiger partial charge < -0.3 is 4.90 Å². The van der Waals surface area contributed by atoms with Crippen molar-refractivity contribution in [3.05, 3.63) is 0 Å². The highest BCUT2D eigenvalue weighted by Crippen LogP contribution is 2.47. The Morgan fingerprint density at radius 1 is 1.18 bits per heavy atom. The summed E-state index contributed by atoms with van der Waals surface area (Å²) in [5, 5.41) is 0. The zero-order chi connectivity index (χ0) is 7.73. The van der Waals surface area contributed by atoms with Crippen LogP contribution in [0.25, 0.3) is 0 Å². The van der Waals surface area contributed by atoms with Crippen molar-refractivity contribution in [1.82, 2.24) is 0 Å². The van der Waals surface area contributed by atoms with Crippen LogP contribution in [0.3, 0.4) is 0 Å². The molecule has 1 heteroatoms. The Hall–Kier alpha value is -0.0400. The summed E-state index contributed by atoms with van der Waals surface area (Å²) in [6, 6.07) is 0. The van der Waals surface area contributed by atoms with E-state index in [1.807, 2.05) is 4.90 Å². The van der Waals surface area contributed by atoms with E-state index in [0.29, 0.717) is 0 Å². The van der Waals surface area contributed by atoms with Gasteiger partial charge in [-0.05, 0) is 19.3 Å². The van der Waals surface area contributed by atoms with E-state index < -0.39 is 0 Å².